The predicted molar refractivity (Wildman–Crippen MR) is 132 cm³/mol. The molecule has 1 N–H and O–H groups in total. The van der Waals surface area contributed by atoms with Crippen LogP contribution < -0.4 is 5.56 Å². The van der Waals surface area contributed by atoms with Crippen LogP contribution in [0.4, 0.5) is 0 Å². The summed E-state index contributed by atoms with van der Waals surface area (Å²) >= 11 is 1.79. The largest absolute Gasteiger partial charge is 0.328 e. The van der Waals surface area contributed by atoms with Crippen molar-refractivity contribution in [1.29, 1.82) is 0 Å². The number of H-pyrrole nitrogens is 1. The molecule has 0 saturated carbocycles. The average Bonchev–Trinajstić information content (AvgIpc) is 3.00. The Kier molecular flexibility index (Phi) is 17.1. The van der Waals surface area contributed by atoms with Gasteiger partial charge in [-0.2, -0.15) is 0 Å². The van der Waals surface area contributed by atoms with Gasteiger partial charge in [-0.05, 0) is 38.3 Å². The molecule has 0 aromatic carbocycles. The van der Waals surface area contributed by atoms with E-state index < -0.39 is 0 Å². The van der Waals surface area contributed by atoms with Gasteiger partial charge in [0.15, 0.2) is 0 Å². The van der Waals surface area contributed by atoms with Crippen LogP contribution in [-0.2, 0) is 0 Å². The molecule has 0 spiro atoms. The molecule has 0 bridgehead atoms. The van der Waals surface area contributed by atoms with E-state index in [1.54, 1.807) is 24.0 Å². The van der Waals surface area contributed by atoms with Crippen LogP contribution in [-0.4, -0.2) is 35.3 Å². The van der Waals surface area contributed by atoms with Crippen molar-refractivity contribution in [2.75, 3.05) is 25.4 Å². The van der Waals surface area contributed by atoms with Gasteiger partial charge >= 0.3 is 0 Å². The smallest absolute Gasteiger partial charge is 0.247 e. The van der Waals surface area contributed by atoms with Crippen LogP contribution >= 0.6 is 11.8 Å². The van der Waals surface area contributed by atoms with Gasteiger partial charge in [-0.15, -0.1) is 11.8 Å². The summed E-state index contributed by atoms with van der Waals surface area (Å²) in [5.41, 5.74) is 1.15. The van der Waals surface area contributed by atoms with Crippen LogP contribution in [0, 0.1) is 5.92 Å². The lowest BCUT2D eigenvalue weighted by molar-refractivity contribution is 0.311. The first-order valence-electron chi connectivity index (χ1n) is 10.8. The lowest BCUT2D eigenvalue weighted by atomic mass is 10.0. The fourth-order valence-corrected chi connectivity index (χ4v) is 3.55. The zero-order valence-corrected chi connectivity index (χ0v) is 19.8. The molecule has 2 rings (SSSR count). The molecule has 1 aromatic rings. The highest BCUT2D eigenvalue weighted by atomic mass is 32.2. The second-order valence-electron chi connectivity index (χ2n) is 6.29. The summed E-state index contributed by atoms with van der Waals surface area (Å²) in [6, 6.07) is 3.47. The van der Waals surface area contributed by atoms with Crippen LogP contribution in [0.2, 0.25) is 0 Å². The van der Waals surface area contributed by atoms with Crippen molar-refractivity contribution in [3.8, 4) is 0 Å². The zero-order valence-electron chi connectivity index (χ0n) is 19.0. The predicted octanol–water partition coefficient (Wildman–Crippen LogP) is 6.48. The van der Waals surface area contributed by atoms with Crippen LogP contribution in [0.25, 0.3) is 0 Å². The first kappa shape index (κ1) is 27.2. The van der Waals surface area contributed by atoms with Crippen molar-refractivity contribution in [1.82, 2.24) is 9.88 Å². The highest BCUT2D eigenvalue weighted by Gasteiger charge is 2.11. The lowest BCUT2D eigenvalue weighted by Gasteiger charge is -2.19. The second kappa shape index (κ2) is 18.3. The minimum atomic E-state index is -0.0442. The highest BCUT2D eigenvalue weighted by molar-refractivity contribution is 7.99. The van der Waals surface area contributed by atoms with Crippen molar-refractivity contribution in [2.24, 2.45) is 5.92 Å². The Hall–Kier alpha value is -1.78. The first-order chi connectivity index (χ1) is 14.2. The third-order valence-electron chi connectivity index (χ3n) is 4.28. The van der Waals surface area contributed by atoms with Crippen molar-refractivity contribution < 1.29 is 0 Å². The summed E-state index contributed by atoms with van der Waals surface area (Å²) in [4.78, 5) is 17.4. The summed E-state index contributed by atoms with van der Waals surface area (Å²) in [6.45, 7) is 17.1. The van der Waals surface area contributed by atoms with Crippen molar-refractivity contribution in [2.45, 2.75) is 52.4 Å². The van der Waals surface area contributed by atoms with E-state index >= 15 is 0 Å². The molecule has 0 saturated heterocycles. The number of nitrogens with one attached hydrogen (secondary N) is 1. The van der Waals surface area contributed by atoms with Crippen LogP contribution in [0.1, 0.15) is 47.5 Å². The van der Waals surface area contributed by atoms with Crippen molar-refractivity contribution in [3.05, 3.63) is 77.3 Å². The van der Waals surface area contributed by atoms with Gasteiger partial charge in [-0.25, -0.2) is 0 Å². The minimum absolute atomic E-state index is 0.0442. The molecule has 0 aliphatic carbocycles. The van der Waals surface area contributed by atoms with E-state index in [4.69, 9.17) is 0 Å². The quantitative estimate of drug-likeness (QED) is 0.299. The maximum absolute atomic E-state index is 11.1. The number of nitrogens with zero attached hydrogens (tertiary/aromatic N) is 1. The van der Waals surface area contributed by atoms with E-state index in [2.05, 4.69) is 53.8 Å². The number of rotatable bonds is 8. The molecule has 1 aromatic heterocycles. The number of aromatic amines is 1. The monoisotopic (exact) mass is 416 g/mol. The van der Waals surface area contributed by atoms with E-state index in [1.807, 2.05) is 39.8 Å². The molecule has 1 aliphatic rings. The fourth-order valence-electron chi connectivity index (χ4n) is 2.66. The van der Waals surface area contributed by atoms with Gasteiger partial charge < -0.3 is 4.98 Å². The molecular formula is C25H40N2OS. The van der Waals surface area contributed by atoms with Gasteiger partial charge in [0.2, 0.25) is 5.56 Å². The maximum atomic E-state index is 11.1. The van der Waals surface area contributed by atoms with E-state index in [9.17, 15) is 4.79 Å². The van der Waals surface area contributed by atoms with Gasteiger partial charge in [0.05, 0.1) is 0 Å². The Morgan fingerprint density at radius 3 is 2.72 bits per heavy atom. The van der Waals surface area contributed by atoms with Crippen LogP contribution in [0.15, 0.2) is 76.6 Å². The molecule has 1 aliphatic heterocycles. The Morgan fingerprint density at radius 2 is 2.07 bits per heavy atom. The summed E-state index contributed by atoms with van der Waals surface area (Å²) in [5, 5.41) is 0. The third-order valence-corrected chi connectivity index (χ3v) is 5.25. The van der Waals surface area contributed by atoms with Gasteiger partial charge in [0, 0.05) is 36.0 Å². The number of aromatic nitrogens is 1. The van der Waals surface area contributed by atoms with Gasteiger partial charge in [0.25, 0.3) is 0 Å². The third kappa shape index (κ3) is 13.1. The van der Waals surface area contributed by atoms with E-state index in [0.717, 1.165) is 36.7 Å². The molecule has 0 fully saturated rings. The molecule has 0 radical (unpaired) electrons. The zero-order chi connectivity index (χ0) is 21.9. The van der Waals surface area contributed by atoms with Gasteiger partial charge in [0.1, 0.15) is 0 Å². The SMILES string of the molecule is C=C/C(C)=C\C=C\CC1C=CCN(CCSc2ccc(=O)[nH]c2)CC1.CC.CC. The Morgan fingerprint density at radius 1 is 1.31 bits per heavy atom. The van der Waals surface area contributed by atoms with E-state index in [0.29, 0.717) is 5.92 Å². The number of hydrogen-bond donors (Lipinski definition) is 1. The Balaban J connectivity index is 0.00000184. The first-order valence-corrected chi connectivity index (χ1v) is 11.8. The van der Waals surface area contributed by atoms with E-state index in [-0.39, 0.29) is 5.56 Å². The molecule has 4 heteroatoms. The molecule has 1 unspecified atom stereocenters. The average molecular weight is 417 g/mol. The standard InChI is InChI=1S/C21H28N2OS.2C2H6/c1-3-18(2)7-4-5-8-19-9-6-13-23(14-12-19)15-16-25-20-10-11-21(24)22-17-20;2*1-2/h3-7,9-11,17,19H,1,8,12-16H2,2H3,(H,22,24);2*1-2H3/b5-4+,18-7-;;. The number of pyridine rings is 1. The van der Waals surface area contributed by atoms with Crippen molar-refractivity contribution >= 4 is 11.8 Å². The Labute approximate surface area is 182 Å². The lowest BCUT2D eigenvalue weighted by Crippen LogP contribution is -2.27. The topological polar surface area (TPSA) is 36.1 Å². The highest BCUT2D eigenvalue weighted by Crippen LogP contribution is 2.18. The Bertz CT molecular complexity index is 668. The normalized spacial score (nSPS) is 17.0. The fraction of sp³-hybridized carbons (Fsp3) is 0.480. The molecule has 29 heavy (non-hydrogen) atoms. The number of thioether (sulfide) groups is 1. The summed E-state index contributed by atoms with van der Waals surface area (Å²) < 4.78 is 0. The van der Waals surface area contributed by atoms with E-state index in [1.165, 1.54) is 12.0 Å². The molecule has 2 heterocycles. The summed E-state index contributed by atoms with van der Waals surface area (Å²) in [6.07, 6.45) is 17.1. The second-order valence-corrected chi connectivity index (χ2v) is 7.46. The number of allylic oxidation sites excluding steroid dienone is 6. The summed E-state index contributed by atoms with van der Waals surface area (Å²) in [7, 11) is 0. The number of hydrogen-bond acceptors (Lipinski definition) is 3. The molecular weight excluding hydrogens is 376 g/mol. The molecule has 1 atom stereocenters. The van der Waals surface area contributed by atoms with Crippen LogP contribution in [0.3, 0.4) is 0 Å². The maximum Gasteiger partial charge on any atom is 0.247 e. The summed E-state index contributed by atoms with van der Waals surface area (Å²) in [5.74, 6) is 1.67. The van der Waals surface area contributed by atoms with Crippen molar-refractivity contribution in [3.63, 3.8) is 0 Å². The molecule has 0 amide bonds. The molecule has 3 nitrogen and oxygen atoms in total. The van der Waals surface area contributed by atoms with Crippen LogP contribution in [0.5, 0.6) is 0 Å². The van der Waals surface area contributed by atoms with Gasteiger partial charge in [-0.3, -0.25) is 9.69 Å². The molecule has 162 valence electrons. The minimum Gasteiger partial charge on any atom is -0.328 e. The van der Waals surface area contributed by atoms with Gasteiger partial charge in [-0.1, -0.05) is 76.3 Å².